The zero-order chi connectivity index (χ0) is 16.7. The van der Waals surface area contributed by atoms with E-state index < -0.39 is 5.97 Å². The van der Waals surface area contributed by atoms with Crippen molar-refractivity contribution >= 4 is 17.3 Å². The molecule has 0 atom stereocenters. The molecule has 23 heavy (non-hydrogen) atoms. The van der Waals surface area contributed by atoms with Gasteiger partial charge < -0.3 is 9.47 Å². The highest BCUT2D eigenvalue weighted by Gasteiger charge is 2.02. The predicted octanol–water partition coefficient (Wildman–Crippen LogP) is 4.87. The first-order chi connectivity index (χ1) is 11.0. The molecule has 0 saturated heterocycles. The lowest BCUT2D eigenvalue weighted by atomic mass is 10.2. The van der Waals surface area contributed by atoms with Gasteiger partial charge >= 0.3 is 5.97 Å². The average molecular weight is 310 g/mol. The first kappa shape index (κ1) is 16.4. The van der Waals surface area contributed by atoms with Crippen LogP contribution >= 0.6 is 0 Å². The van der Waals surface area contributed by atoms with Crippen LogP contribution in [0.2, 0.25) is 0 Å². The summed E-state index contributed by atoms with van der Waals surface area (Å²) in [4.78, 5) is 11.2. The quantitative estimate of drug-likeness (QED) is 0.331. The van der Waals surface area contributed by atoms with Crippen LogP contribution in [0.4, 0.5) is 11.4 Å². The van der Waals surface area contributed by atoms with E-state index in [9.17, 15) is 4.79 Å². The molecule has 0 aliphatic rings. The predicted molar refractivity (Wildman–Crippen MR) is 88.2 cm³/mol. The summed E-state index contributed by atoms with van der Waals surface area (Å²) < 4.78 is 10.2. The SMILES string of the molecule is C=C(C)C(=O)OCOc1ccc(/N=N/c2ccc(C)cc2)cc1. The molecule has 2 rings (SSSR count). The molecule has 0 unspecified atom stereocenters. The molecular formula is C18H18N2O3. The fraction of sp³-hybridized carbons (Fsp3) is 0.167. The standard InChI is InChI=1S/C18H18N2O3/c1-13(2)18(21)23-12-22-17-10-8-16(9-11-17)20-19-15-6-4-14(3)5-7-15/h4-11H,1,12H2,2-3H3/b20-19+. The van der Waals surface area contributed by atoms with Crippen LogP contribution < -0.4 is 4.74 Å². The number of hydrogen-bond donors (Lipinski definition) is 0. The molecule has 2 aromatic rings. The minimum Gasteiger partial charge on any atom is -0.457 e. The van der Waals surface area contributed by atoms with Crippen molar-refractivity contribution in [3.63, 3.8) is 0 Å². The van der Waals surface area contributed by atoms with Gasteiger partial charge in [0.1, 0.15) is 5.75 Å². The molecule has 2 aromatic carbocycles. The minimum atomic E-state index is -0.478. The van der Waals surface area contributed by atoms with E-state index in [0.29, 0.717) is 17.0 Å². The Morgan fingerprint density at radius 1 is 1.00 bits per heavy atom. The second-order valence-electron chi connectivity index (χ2n) is 5.00. The highest BCUT2D eigenvalue weighted by atomic mass is 16.7. The first-order valence-electron chi connectivity index (χ1n) is 7.08. The summed E-state index contributed by atoms with van der Waals surface area (Å²) in [6, 6.07) is 14.8. The molecule has 118 valence electrons. The van der Waals surface area contributed by atoms with Crippen molar-refractivity contribution in [3.05, 3.63) is 66.2 Å². The zero-order valence-electron chi connectivity index (χ0n) is 13.2. The zero-order valence-corrected chi connectivity index (χ0v) is 13.2. The number of ether oxygens (including phenoxy) is 2. The third kappa shape index (κ3) is 5.39. The number of esters is 1. The fourth-order valence-electron chi connectivity index (χ4n) is 1.61. The van der Waals surface area contributed by atoms with Gasteiger partial charge in [-0.25, -0.2) is 4.79 Å². The normalized spacial score (nSPS) is 10.5. The van der Waals surface area contributed by atoms with Crippen molar-refractivity contribution in [2.24, 2.45) is 10.2 Å². The average Bonchev–Trinajstić information content (AvgIpc) is 2.55. The Hall–Kier alpha value is -2.95. The van der Waals surface area contributed by atoms with Crippen molar-refractivity contribution in [1.29, 1.82) is 0 Å². The van der Waals surface area contributed by atoms with Crippen LogP contribution in [0.3, 0.4) is 0 Å². The van der Waals surface area contributed by atoms with Crippen LogP contribution in [-0.2, 0) is 9.53 Å². The van der Waals surface area contributed by atoms with Crippen LogP contribution in [0.15, 0.2) is 70.9 Å². The Labute approximate surface area is 135 Å². The smallest absolute Gasteiger partial charge is 0.335 e. The first-order valence-corrected chi connectivity index (χ1v) is 7.08. The molecule has 5 nitrogen and oxygen atoms in total. The molecule has 0 N–H and O–H groups in total. The lowest BCUT2D eigenvalue weighted by Gasteiger charge is -2.07. The van der Waals surface area contributed by atoms with E-state index in [0.717, 1.165) is 5.69 Å². The molecule has 0 aliphatic heterocycles. The molecule has 0 amide bonds. The summed E-state index contributed by atoms with van der Waals surface area (Å²) in [7, 11) is 0. The van der Waals surface area contributed by atoms with Gasteiger partial charge in [-0.15, -0.1) is 0 Å². The number of azo groups is 1. The van der Waals surface area contributed by atoms with Crippen molar-refractivity contribution in [2.75, 3.05) is 6.79 Å². The second-order valence-corrected chi connectivity index (χ2v) is 5.00. The molecule has 0 saturated carbocycles. The number of hydrogen-bond acceptors (Lipinski definition) is 5. The molecule has 0 fully saturated rings. The van der Waals surface area contributed by atoms with E-state index in [1.165, 1.54) is 5.56 Å². The highest BCUT2D eigenvalue weighted by Crippen LogP contribution is 2.21. The van der Waals surface area contributed by atoms with Crippen molar-refractivity contribution in [3.8, 4) is 5.75 Å². The summed E-state index contributed by atoms with van der Waals surface area (Å²) in [6.07, 6.45) is 0. The third-order valence-corrected chi connectivity index (χ3v) is 2.92. The summed E-state index contributed by atoms with van der Waals surface area (Å²) in [6.45, 7) is 6.93. The van der Waals surface area contributed by atoms with Gasteiger partial charge in [0.15, 0.2) is 0 Å². The Bertz CT molecular complexity index is 704. The third-order valence-electron chi connectivity index (χ3n) is 2.92. The van der Waals surface area contributed by atoms with E-state index in [2.05, 4.69) is 16.8 Å². The monoisotopic (exact) mass is 310 g/mol. The maximum absolute atomic E-state index is 11.2. The Morgan fingerprint density at radius 2 is 1.52 bits per heavy atom. The number of carbonyl (C=O) groups is 1. The summed E-state index contributed by atoms with van der Waals surface area (Å²) in [5.41, 5.74) is 3.01. The van der Waals surface area contributed by atoms with E-state index in [4.69, 9.17) is 9.47 Å². The number of benzene rings is 2. The van der Waals surface area contributed by atoms with Gasteiger partial charge in [0.05, 0.1) is 11.4 Å². The van der Waals surface area contributed by atoms with E-state index in [-0.39, 0.29) is 6.79 Å². The van der Waals surface area contributed by atoms with Gasteiger partial charge in [-0.3, -0.25) is 0 Å². The van der Waals surface area contributed by atoms with Crippen LogP contribution in [0.25, 0.3) is 0 Å². The Morgan fingerprint density at radius 3 is 2.04 bits per heavy atom. The van der Waals surface area contributed by atoms with Gasteiger partial charge in [0.25, 0.3) is 0 Å². The molecule has 5 heteroatoms. The Kier molecular flexibility index (Phi) is 5.63. The lowest BCUT2D eigenvalue weighted by Crippen LogP contribution is -2.10. The minimum absolute atomic E-state index is 0.157. The molecule has 0 spiro atoms. The molecular weight excluding hydrogens is 292 g/mol. The van der Waals surface area contributed by atoms with Crippen LogP contribution in [0.1, 0.15) is 12.5 Å². The van der Waals surface area contributed by atoms with Crippen molar-refractivity contribution in [1.82, 2.24) is 0 Å². The Balaban J connectivity index is 1.88. The maximum atomic E-state index is 11.2. The number of aryl methyl sites for hydroxylation is 1. The summed E-state index contributed by atoms with van der Waals surface area (Å²) in [5.74, 6) is 0.0994. The van der Waals surface area contributed by atoms with Gasteiger partial charge in [0, 0.05) is 5.57 Å². The fourth-order valence-corrected chi connectivity index (χ4v) is 1.61. The maximum Gasteiger partial charge on any atom is 0.335 e. The van der Waals surface area contributed by atoms with E-state index >= 15 is 0 Å². The van der Waals surface area contributed by atoms with Crippen molar-refractivity contribution in [2.45, 2.75) is 13.8 Å². The summed E-state index contributed by atoms with van der Waals surface area (Å²) in [5, 5.41) is 8.31. The topological polar surface area (TPSA) is 60.2 Å². The summed E-state index contributed by atoms with van der Waals surface area (Å²) >= 11 is 0. The van der Waals surface area contributed by atoms with Gasteiger partial charge in [-0.2, -0.15) is 10.2 Å². The number of rotatable bonds is 6. The highest BCUT2D eigenvalue weighted by molar-refractivity contribution is 5.86. The molecule has 0 aliphatic carbocycles. The van der Waals surface area contributed by atoms with Gasteiger partial charge in [-0.05, 0) is 50.2 Å². The largest absolute Gasteiger partial charge is 0.457 e. The molecule has 0 radical (unpaired) electrons. The van der Waals surface area contributed by atoms with Gasteiger partial charge in [-0.1, -0.05) is 24.3 Å². The molecule has 0 aromatic heterocycles. The molecule has 0 bridgehead atoms. The second kappa shape index (κ2) is 7.89. The van der Waals surface area contributed by atoms with Crippen molar-refractivity contribution < 1.29 is 14.3 Å². The molecule has 0 heterocycles. The van der Waals surface area contributed by atoms with Gasteiger partial charge in [0.2, 0.25) is 6.79 Å². The lowest BCUT2D eigenvalue weighted by molar-refractivity contribution is -0.145. The van der Waals surface area contributed by atoms with E-state index in [1.54, 1.807) is 31.2 Å². The number of carbonyl (C=O) groups excluding carboxylic acids is 1. The van der Waals surface area contributed by atoms with Crippen LogP contribution in [0, 0.1) is 6.92 Å². The van der Waals surface area contributed by atoms with Crippen LogP contribution in [-0.4, -0.2) is 12.8 Å². The van der Waals surface area contributed by atoms with E-state index in [1.807, 2.05) is 31.2 Å². The number of nitrogens with zero attached hydrogens (tertiary/aromatic N) is 2. The van der Waals surface area contributed by atoms with Crippen LogP contribution in [0.5, 0.6) is 5.75 Å².